The summed E-state index contributed by atoms with van der Waals surface area (Å²) in [4.78, 5) is 32.3. The van der Waals surface area contributed by atoms with E-state index in [1.54, 1.807) is 12.1 Å². The fourth-order valence-electron chi connectivity index (χ4n) is 3.65. The number of nitrogens with zero attached hydrogens (tertiary/aromatic N) is 2. The smallest absolute Gasteiger partial charge is 0.258 e. The summed E-state index contributed by atoms with van der Waals surface area (Å²) in [5, 5.41) is 6.27. The maximum absolute atomic E-state index is 12.9. The first kappa shape index (κ1) is 22.2. The zero-order valence-electron chi connectivity index (χ0n) is 17.7. The first-order valence-electron chi connectivity index (χ1n) is 10.5. The first-order chi connectivity index (χ1) is 14.4. The van der Waals surface area contributed by atoms with E-state index in [4.69, 9.17) is 11.6 Å². The highest BCUT2D eigenvalue weighted by atomic mass is 35.5. The van der Waals surface area contributed by atoms with Gasteiger partial charge in [0.15, 0.2) is 0 Å². The molecule has 6 nitrogen and oxygen atoms in total. The molecule has 7 heteroatoms. The van der Waals surface area contributed by atoms with Crippen LogP contribution in [0.4, 0.5) is 11.5 Å². The molecule has 0 atom stereocenters. The van der Waals surface area contributed by atoms with E-state index < -0.39 is 0 Å². The van der Waals surface area contributed by atoms with Gasteiger partial charge in [0.1, 0.15) is 5.82 Å². The van der Waals surface area contributed by atoms with E-state index in [1.807, 2.05) is 25.1 Å². The number of pyridine rings is 1. The van der Waals surface area contributed by atoms with Crippen molar-refractivity contribution < 1.29 is 9.59 Å². The molecule has 1 aromatic heterocycles. The summed E-state index contributed by atoms with van der Waals surface area (Å²) in [6.45, 7) is 8.21. The number of likely N-dealkylation sites (tertiary alicyclic amines) is 1. The average Bonchev–Trinajstić information content (AvgIpc) is 2.75. The van der Waals surface area contributed by atoms with Crippen molar-refractivity contribution in [2.45, 2.75) is 46.1 Å². The maximum Gasteiger partial charge on any atom is 0.258 e. The third-order valence-electron chi connectivity index (χ3n) is 5.59. The molecule has 0 bridgehead atoms. The fourth-order valence-corrected chi connectivity index (χ4v) is 3.77. The van der Waals surface area contributed by atoms with E-state index in [1.165, 1.54) is 6.20 Å². The van der Waals surface area contributed by atoms with Crippen LogP contribution in [0, 0.1) is 5.92 Å². The number of aryl methyl sites for hydroxylation is 1. The molecule has 30 heavy (non-hydrogen) atoms. The minimum absolute atomic E-state index is 0.0266. The molecule has 2 amide bonds. The molecule has 1 aromatic carbocycles. The monoisotopic (exact) mass is 428 g/mol. The lowest BCUT2D eigenvalue weighted by Gasteiger charge is -2.34. The molecule has 2 aromatic rings. The Bertz CT molecular complexity index is 891. The Morgan fingerprint density at radius 2 is 1.90 bits per heavy atom. The highest BCUT2D eigenvalue weighted by Gasteiger charge is 2.27. The minimum Gasteiger partial charge on any atom is -0.325 e. The van der Waals surface area contributed by atoms with Crippen molar-refractivity contribution in [2.75, 3.05) is 23.7 Å². The Kier molecular flexibility index (Phi) is 7.45. The third kappa shape index (κ3) is 5.58. The molecule has 2 N–H and O–H groups in total. The van der Waals surface area contributed by atoms with Crippen LogP contribution in [0.25, 0.3) is 0 Å². The molecule has 0 saturated carbocycles. The van der Waals surface area contributed by atoms with Gasteiger partial charge in [-0.25, -0.2) is 4.98 Å². The Morgan fingerprint density at radius 3 is 2.50 bits per heavy atom. The summed E-state index contributed by atoms with van der Waals surface area (Å²) in [6.07, 6.45) is 3.92. The van der Waals surface area contributed by atoms with Crippen molar-refractivity contribution in [3.05, 3.63) is 52.7 Å². The van der Waals surface area contributed by atoms with Gasteiger partial charge in [0, 0.05) is 18.2 Å². The number of carbonyl (C=O) groups is 2. The number of carbonyl (C=O) groups excluding carboxylic acids is 2. The van der Waals surface area contributed by atoms with Crippen LogP contribution < -0.4 is 10.6 Å². The van der Waals surface area contributed by atoms with Gasteiger partial charge in [-0.15, -0.1) is 0 Å². The van der Waals surface area contributed by atoms with Crippen LogP contribution >= 0.6 is 11.6 Å². The molecule has 2 heterocycles. The molecular formula is C23H29ClN4O2. The van der Waals surface area contributed by atoms with E-state index in [2.05, 4.69) is 34.4 Å². The quantitative estimate of drug-likeness (QED) is 0.704. The number of anilines is 2. The third-order valence-corrected chi connectivity index (χ3v) is 5.82. The molecule has 1 saturated heterocycles. The SMILES string of the molecule is CCc1ccc(NC(=O)C2CCN(C(C)C)CC2)c(C(=O)Nc2ccc(Cl)cn2)c1. The number of piperidine rings is 1. The van der Waals surface area contributed by atoms with Crippen LogP contribution in [0.5, 0.6) is 0 Å². The highest BCUT2D eigenvalue weighted by molar-refractivity contribution is 6.30. The van der Waals surface area contributed by atoms with E-state index in [-0.39, 0.29) is 17.7 Å². The zero-order valence-corrected chi connectivity index (χ0v) is 18.5. The number of amides is 2. The van der Waals surface area contributed by atoms with Gasteiger partial charge in [-0.1, -0.05) is 24.6 Å². The van der Waals surface area contributed by atoms with E-state index in [0.29, 0.717) is 28.1 Å². The van der Waals surface area contributed by atoms with Crippen molar-refractivity contribution in [2.24, 2.45) is 5.92 Å². The van der Waals surface area contributed by atoms with E-state index in [0.717, 1.165) is 37.9 Å². The second-order valence-corrected chi connectivity index (χ2v) is 8.38. The maximum atomic E-state index is 12.9. The molecule has 3 rings (SSSR count). The Balaban J connectivity index is 1.73. The summed E-state index contributed by atoms with van der Waals surface area (Å²) in [7, 11) is 0. The predicted octanol–water partition coefficient (Wildman–Crippen LogP) is 4.61. The summed E-state index contributed by atoms with van der Waals surface area (Å²) < 4.78 is 0. The number of rotatable bonds is 6. The summed E-state index contributed by atoms with van der Waals surface area (Å²) in [5.74, 6) is 0.0238. The summed E-state index contributed by atoms with van der Waals surface area (Å²) in [5.41, 5.74) is 1.97. The lowest BCUT2D eigenvalue weighted by atomic mass is 9.94. The van der Waals surface area contributed by atoms with Crippen molar-refractivity contribution in [1.82, 2.24) is 9.88 Å². The van der Waals surface area contributed by atoms with Gasteiger partial charge in [-0.3, -0.25) is 9.59 Å². The predicted molar refractivity (Wildman–Crippen MR) is 121 cm³/mol. The van der Waals surface area contributed by atoms with Crippen LogP contribution in [0.15, 0.2) is 36.5 Å². The molecule has 0 spiro atoms. The van der Waals surface area contributed by atoms with Crippen LogP contribution in [-0.2, 0) is 11.2 Å². The molecule has 0 unspecified atom stereocenters. The van der Waals surface area contributed by atoms with E-state index in [9.17, 15) is 9.59 Å². The number of nitrogens with one attached hydrogen (secondary N) is 2. The van der Waals surface area contributed by atoms with Gasteiger partial charge in [0.05, 0.1) is 16.3 Å². The Hall–Kier alpha value is -2.44. The molecule has 1 aliphatic rings. The molecule has 0 radical (unpaired) electrons. The normalized spacial score (nSPS) is 15.2. The van der Waals surface area contributed by atoms with Gasteiger partial charge in [-0.05, 0) is 76.0 Å². The molecule has 0 aliphatic carbocycles. The van der Waals surface area contributed by atoms with Gasteiger partial charge in [0.25, 0.3) is 5.91 Å². The van der Waals surface area contributed by atoms with Gasteiger partial charge < -0.3 is 15.5 Å². The Labute approximate surface area is 183 Å². The first-order valence-corrected chi connectivity index (χ1v) is 10.9. The topological polar surface area (TPSA) is 74.3 Å². The van der Waals surface area contributed by atoms with Crippen molar-refractivity contribution >= 4 is 34.9 Å². The molecule has 160 valence electrons. The number of aromatic nitrogens is 1. The largest absolute Gasteiger partial charge is 0.325 e. The second-order valence-electron chi connectivity index (χ2n) is 7.94. The zero-order chi connectivity index (χ0) is 21.7. The standard InChI is InChI=1S/C23H29ClN4O2/c1-4-16-5-7-20(26-22(29)17-9-11-28(12-10-17)15(2)3)19(13-16)23(30)27-21-8-6-18(24)14-25-21/h5-8,13-15,17H,4,9-12H2,1-3H3,(H,26,29)(H,25,27,30). The number of hydrogen-bond donors (Lipinski definition) is 2. The lowest BCUT2D eigenvalue weighted by molar-refractivity contribution is -0.121. The second kappa shape index (κ2) is 10.0. The Morgan fingerprint density at radius 1 is 1.17 bits per heavy atom. The van der Waals surface area contributed by atoms with Gasteiger partial charge >= 0.3 is 0 Å². The highest BCUT2D eigenvalue weighted by Crippen LogP contribution is 2.24. The van der Waals surface area contributed by atoms with Crippen molar-refractivity contribution in [1.29, 1.82) is 0 Å². The summed E-state index contributed by atoms with van der Waals surface area (Å²) in [6, 6.07) is 9.37. The van der Waals surface area contributed by atoms with Crippen LogP contribution in [0.2, 0.25) is 5.02 Å². The fraction of sp³-hybridized carbons (Fsp3) is 0.435. The van der Waals surface area contributed by atoms with Crippen molar-refractivity contribution in [3.8, 4) is 0 Å². The van der Waals surface area contributed by atoms with Crippen LogP contribution in [0.3, 0.4) is 0 Å². The minimum atomic E-state index is -0.315. The molecule has 1 aliphatic heterocycles. The number of benzene rings is 1. The van der Waals surface area contributed by atoms with Gasteiger partial charge in [-0.2, -0.15) is 0 Å². The lowest BCUT2D eigenvalue weighted by Crippen LogP contribution is -2.41. The molecular weight excluding hydrogens is 400 g/mol. The molecule has 1 fully saturated rings. The van der Waals surface area contributed by atoms with Crippen LogP contribution in [0.1, 0.15) is 49.5 Å². The number of halogens is 1. The summed E-state index contributed by atoms with van der Waals surface area (Å²) >= 11 is 5.86. The van der Waals surface area contributed by atoms with Gasteiger partial charge in [0.2, 0.25) is 5.91 Å². The van der Waals surface area contributed by atoms with Crippen molar-refractivity contribution in [3.63, 3.8) is 0 Å². The van der Waals surface area contributed by atoms with E-state index >= 15 is 0 Å². The number of hydrogen-bond acceptors (Lipinski definition) is 4. The average molecular weight is 429 g/mol. The van der Waals surface area contributed by atoms with Crippen LogP contribution in [-0.4, -0.2) is 40.8 Å².